The van der Waals surface area contributed by atoms with Crippen LogP contribution in [0.4, 0.5) is 5.82 Å². The largest absolute Gasteiger partial charge is 0.381 e. The number of hydrogen-bond donors (Lipinski definition) is 3. The monoisotopic (exact) mass is 237 g/mol. The summed E-state index contributed by atoms with van der Waals surface area (Å²) in [4.78, 5) is 19.6. The lowest BCUT2D eigenvalue weighted by Gasteiger charge is -2.34. The topological polar surface area (TPSA) is 102 Å². The minimum absolute atomic E-state index is 0.168. The van der Waals surface area contributed by atoms with E-state index in [1.807, 2.05) is 0 Å². The van der Waals surface area contributed by atoms with Gasteiger partial charge in [0.1, 0.15) is 5.69 Å². The average Bonchev–Trinajstić information content (AvgIpc) is 2.33. The molecule has 0 radical (unpaired) electrons. The van der Waals surface area contributed by atoms with Gasteiger partial charge in [0.25, 0.3) is 5.91 Å². The molecule has 2 rings (SSSR count). The molecule has 1 aliphatic carbocycles. The molecule has 7 nitrogen and oxygen atoms in total. The summed E-state index contributed by atoms with van der Waals surface area (Å²) in [5.74, 6) is 5.35. The molecule has 1 heterocycles. The second-order valence-electron chi connectivity index (χ2n) is 3.93. The third-order valence-electron chi connectivity index (χ3n) is 2.80. The zero-order valence-corrected chi connectivity index (χ0v) is 9.51. The van der Waals surface area contributed by atoms with E-state index in [-0.39, 0.29) is 23.7 Å². The van der Waals surface area contributed by atoms with Crippen LogP contribution in [-0.4, -0.2) is 35.1 Å². The minimum Gasteiger partial charge on any atom is -0.381 e. The predicted octanol–water partition coefficient (Wildman–Crippen LogP) is -0.331. The third-order valence-corrected chi connectivity index (χ3v) is 2.80. The van der Waals surface area contributed by atoms with E-state index in [4.69, 9.17) is 10.6 Å². The second kappa shape index (κ2) is 5.07. The molecule has 17 heavy (non-hydrogen) atoms. The molecule has 1 aliphatic rings. The Bertz CT molecular complexity index is 388. The maximum atomic E-state index is 11.7. The number of nitrogens with zero attached hydrogens (tertiary/aromatic N) is 2. The lowest BCUT2D eigenvalue weighted by atomic mass is 9.89. The highest BCUT2D eigenvalue weighted by molar-refractivity contribution is 5.92. The van der Waals surface area contributed by atoms with E-state index in [9.17, 15) is 4.79 Å². The molecule has 1 aromatic rings. The summed E-state index contributed by atoms with van der Waals surface area (Å²) < 4.78 is 5.13. The molecule has 0 atom stereocenters. The normalized spacial score (nSPS) is 22.7. The van der Waals surface area contributed by atoms with Crippen LogP contribution in [0, 0.1) is 0 Å². The van der Waals surface area contributed by atoms with Gasteiger partial charge in [-0.3, -0.25) is 4.79 Å². The third kappa shape index (κ3) is 2.69. The van der Waals surface area contributed by atoms with E-state index in [1.54, 1.807) is 7.11 Å². The van der Waals surface area contributed by atoms with Gasteiger partial charge in [-0.1, -0.05) is 0 Å². The number of aromatic nitrogens is 2. The summed E-state index contributed by atoms with van der Waals surface area (Å²) in [5.41, 5.74) is 2.63. The van der Waals surface area contributed by atoms with E-state index in [2.05, 4.69) is 20.7 Å². The van der Waals surface area contributed by atoms with E-state index in [0.717, 1.165) is 12.8 Å². The first-order chi connectivity index (χ1) is 8.22. The molecule has 0 aliphatic heterocycles. The van der Waals surface area contributed by atoms with Crippen LogP contribution in [0.5, 0.6) is 0 Å². The number of nitrogens with two attached hydrogens (primary N) is 1. The van der Waals surface area contributed by atoms with Crippen molar-refractivity contribution in [1.82, 2.24) is 15.3 Å². The smallest absolute Gasteiger partial charge is 0.271 e. The van der Waals surface area contributed by atoms with Crippen molar-refractivity contribution in [2.75, 3.05) is 12.5 Å². The second-order valence-corrected chi connectivity index (χ2v) is 3.93. The zero-order chi connectivity index (χ0) is 12.3. The fourth-order valence-electron chi connectivity index (χ4n) is 1.66. The number of nitrogen functional groups attached to an aromatic ring is 1. The zero-order valence-electron chi connectivity index (χ0n) is 9.51. The summed E-state index contributed by atoms with van der Waals surface area (Å²) in [7, 11) is 1.67. The Morgan fingerprint density at radius 2 is 2.24 bits per heavy atom. The molecule has 4 N–H and O–H groups in total. The number of hydrogen-bond acceptors (Lipinski definition) is 6. The fraction of sp³-hybridized carbons (Fsp3) is 0.500. The number of methoxy groups -OCH3 is 1. The fourth-order valence-corrected chi connectivity index (χ4v) is 1.66. The molecule has 92 valence electrons. The quantitative estimate of drug-likeness (QED) is 0.489. The van der Waals surface area contributed by atoms with Crippen LogP contribution in [0.3, 0.4) is 0 Å². The van der Waals surface area contributed by atoms with Gasteiger partial charge >= 0.3 is 0 Å². The summed E-state index contributed by atoms with van der Waals surface area (Å²) in [6.45, 7) is 0. The summed E-state index contributed by atoms with van der Waals surface area (Å²) in [5, 5.41) is 2.86. The van der Waals surface area contributed by atoms with Crippen molar-refractivity contribution in [3.05, 3.63) is 18.1 Å². The number of amides is 1. The maximum Gasteiger partial charge on any atom is 0.271 e. The van der Waals surface area contributed by atoms with Crippen LogP contribution in [0.1, 0.15) is 23.3 Å². The van der Waals surface area contributed by atoms with Crippen molar-refractivity contribution in [2.45, 2.75) is 25.0 Å². The van der Waals surface area contributed by atoms with Crippen molar-refractivity contribution < 1.29 is 9.53 Å². The molecule has 1 fully saturated rings. The van der Waals surface area contributed by atoms with Crippen molar-refractivity contribution >= 4 is 11.7 Å². The lowest BCUT2D eigenvalue weighted by Crippen LogP contribution is -2.47. The molecular weight excluding hydrogens is 222 g/mol. The van der Waals surface area contributed by atoms with Crippen LogP contribution in [-0.2, 0) is 4.74 Å². The molecular formula is C10H15N5O2. The van der Waals surface area contributed by atoms with Crippen molar-refractivity contribution in [2.24, 2.45) is 5.84 Å². The molecule has 0 spiro atoms. The van der Waals surface area contributed by atoms with Gasteiger partial charge in [-0.05, 0) is 12.8 Å². The number of ether oxygens (including phenoxy) is 1. The number of anilines is 1. The number of carbonyl (C=O) groups excluding carboxylic acids is 1. The summed E-state index contributed by atoms with van der Waals surface area (Å²) in [6.07, 6.45) is 4.75. The standard InChI is InChI=1S/C10H15N5O2/c1-17-7-2-6(3-7)14-10(16)8-4-13-9(15-11)5-12-8/h4-7H,2-3,11H2,1H3,(H,13,15)(H,14,16). The van der Waals surface area contributed by atoms with Crippen molar-refractivity contribution in [1.29, 1.82) is 0 Å². The highest BCUT2D eigenvalue weighted by Crippen LogP contribution is 2.22. The molecule has 1 saturated carbocycles. The van der Waals surface area contributed by atoms with Gasteiger partial charge in [0.2, 0.25) is 0 Å². The van der Waals surface area contributed by atoms with Crippen LogP contribution < -0.4 is 16.6 Å². The Morgan fingerprint density at radius 1 is 1.47 bits per heavy atom. The summed E-state index contributed by atoms with van der Waals surface area (Å²) >= 11 is 0. The minimum atomic E-state index is -0.222. The lowest BCUT2D eigenvalue weighted by molar-refractivity contribution is 0.0175. The first-order valence-electron chi connectivity index (χ1n) is 5.35. The highest BCUT2D eigenvalue weighted by Gasteiger charge is 2.30. The van der Waals surface area contributed by atoms with Crippen LogP contribution in [0.2, 0.25) is 0 Å². The molecule has 1 aromatic heterocycles. The van der Waals surface area contributed by atoms with Gasteiger partial charge in [-0.2, -0.15) is 0 Å². The number of rotatable bonds is 4. The van der Waals surface area contributed by atoms with Crippen molar-refractivity contribution in [3.8, 4) is 0 Å². The first kappa shape index (κ1) is 11.7. The Hall–Kier alpha value is -1.73. The Labute approximate surface area is 98.7 Å². The van der Waals surface area contributed by atoms with Crippen LogP contribution in [0.15, 0.2) is 12.4 Å². The highest BCUT2D eigenvalue weighted by atomic mass is 16.5. The molecule has 0 bridgehead atoms. The van der Waals surface area contributed by atoms with E-state index in [1.165, 1.54) is 12.4 Å². The molecule has 0 aromatic carbocycles. The van der Waals surface area contributed by atoms with Gasteiger partial charge < -0.3 is 15.5 Å². The molecule has 1 amide bonds. The number of hydrazine groups is 1. The Balaban J connectivity index is 1.87. The Kier molecular flexibility index (Phi) is 3.50. The summed E-state index contributed by atoms with van der Waals surface area (Å²) in [6, 6.07) is 0.168. The number of nitrogens with one attached hydrogen (secondary N) is 2. The van der Waals surface area contributed by atoms with Crippen molar-refractivity contribution in [3.63, 3.8) is 0 Å². The first-order valence-corrected chi connectivity index (χ1v) is 5.35. The average molecular weight is 237 g/mol. The van der Waals surface area contributed by atoms with E-state index < -0.39 is 0 Å². The number of carbonyl (C=O) groups is 1. The maximum absolute atomic E-state index is 11.7. The molecule has 0 saturated heterocycles. The van der Waals surface area contributed by atoms with Crippen LogP contribution in [0.25, 0.3) is 0 Å². The van der Waals surface area contributed by atoms with Crippen LogP contribution >= 0.6 is 0 Å². The molecule has 0 unspecified atom stereocenters. The van der Waals surface area contributed by atoms with Gasteiger partial charge in [-0.25, -0.2) is 15.8 Å². The SMILES string of the molecule is COC1CC(NC(=O)c2cnc(NN)cn2)C1. The van der Waals surface area contributed by atoms with E-state index >= 15 is 0 Å². The van der Waals surface area contributed by atoms with Gasteiger partial charge in [0.15, 0.2) is 5.82 Å². The van der Waals surface area contributed by atoms with E-state index in [0.29, 0.717) is 5.82 Å². The van der Waals surface area contributed by atoms with Gasteiger partial charge in [-0.15, -0.1) is 0 Å². The van der Waals surface area contributed by atoms with Gasteiger partial charge in [0.05, 0.1) is 18.5 Å². The molecule has 7 heteroatoms. The van der Waals surface area contributed by atoms with Gasteiger partial charge in [0, 0.05) is 13.2 Å². The Morgan fingerprint density at radius 3 is 2.76 bits per heavy atom. The predicted molar refractivity (Wildman–Crippen MR) is 61.1 cm³/mol.